The molecular formula is C23H23ClN2O3S. The van der Waals surface area contributed by atoms with Gasteiger partial charge in [-0.2, -0.15) is 0 Å². The zero-order valence-electron chi connectivity index (χ0n) is 17.0. The molecule has 30 heavy (non-hydrogen) atoms. The molecule has 0 saturated carbocycles. The Balaban J connectivity index is 1.94. The van der Waals surface area contributed by atoms with Gasteiger partial charge in [-0.05, 0) is 80.4 Å². The summed E-state index contributed by atoms with van der Waals surface area (Å²) in [6.07, 6.45) is 0. The van der Waals surface area contributed by atoms with Gasteiger partial charge in [-0.3, -0.25) is 9.10 Å². The Kier molecular flexibility index (Phi) is 6.48. The third kappa shape index (κ3) is 5.20. The largest absolute Gasteiger partial charge is 0.324 e. The van der Waals surface area contributed by atoms with Crippen LogP contribution in [0.1, 0.15) is 16.7 Å². The van der Waals surface area contributed by atoms with Crippen LogP contribution in [0.4, 0.5) is 11.4 Å². The summed E-state index contributed by atoms with van der Waals surface area (Å²) in [6, 6.07) is 18.6. The number of sulfonamides is 1. The van der Waals surface area contributed by atoms with E-state index in [0.29, 0.717) is 16.4 Å². The summed E-state index contributed by atoms with van der Waals surface area (Å²) in [6.45, 7) is 5.38. The normalized spacial score (nSPS) is 11.2. The van der Waals surface area contributed by atoms with E-state index in [9.17, 15) is 13.2 Å². The highest BCUT2D eigenvalue weighted by molar-refractivity contribution is 7.92. The lowest BCUT2D eigenvalue weighted by Gasteiger charge is -2.24. The molecule has 0 aliphatic rings. The minimum absolute atomic E-state index is 0.113. The predicted octanol–water partition coefficient (Wildman–Crippen LogP) is 5.10. The number of hydrogen-bond acceptors (Lipinski definition) is 3. The molecule has 1 N–H and O–H groups in total. The average molecular weight is 443 g/mol. The molecule has 7 heteroatoms. The maximum absolute atomic E-state index is 13.3. The minimum atomic E-state index is -3.96. The molecule has 3 aromatic rings. The SMILES string of the molecule is Cc1ccc(S(=O)(=O)N(CC(=O)Nc2cc(C)cc(C)c2)c2ccc(Cl)cc2)cc1. The molecule has 0 bridgehead atoms. The summed E-state index contributed by atoms with van der Waals surface area (Å²) in [5.41, 5.74) is 3.94. The summed E-state index contributed by atoms with van der Waals surface area (Å²) in [4.78, 5) is 12.9. The number of hydrogen-bond donors (Lipinski definition) is 1. The molecular weight excluding hydrogens is 420 g/mol. The minimum Gasteiger partial charge on any atom is -0.324 e. The van der Waals surface area contributed by atoms with E-state index in [2.05, 4.69) is 5.32 Å². The zero-order valence-corrected chi connectivity index (χ0v) is 18.6. The molecule has 0 fully saturated rings. The first-order valence-corrected chi connectivity index (χ1v) is 11.2. The molecule has 0 aliphatic heterocycles. The van der Waals surface area contributed by atoms with E-state index in [1.807, 2.05) is 39.0 Å². The first-order valence-electron chi connectivity index (χ1n) is 9.38. The van der Waals surface area contributed by atoms with Gasteiger partial charge in [-0.15, -0.1) is 0 Å². The van der Waals surface area contributed by atoms with Crippen molar-refractivity contribution in [1.29, 1.82) is 0 Å². The second-order valence-corrected chi connectivity index (χ2v) is 9.52. The van der Waals surface area contributed by atoms with E-state index in [1.165, 1.54) is 12.1 Å². The molecule has 156 valence electrons. The first kappa shape index (κ1) is 21.9. The molecule has 0 atom stereocenters. The van der Waals surface area contributed by atoms with Gasteiger partial charge in [0.15, 0.2) is 0 Å². The van der Waals surface area contributed by atoms with Gasteiger partial charge in [0.05, 0.1) is 10.6 Å². The van der Waals surface area contributed by atoms with E-state index < -0.39 is 15.9 Å². The lowest BCUT2D eigenvalue weighted by molar-refractivity contribution is -0.114. The molecule has 0 heterocycles. The average Bonchev–Trinajstić information content (AvgIpc) is 2.66. The van der Waals surface area contributed by atoms with Gasteiger partial charge in [0.1, 0.15) is 6.54 Å². The number of nitrogens with zero attached hydrogens (tertiary/aromatic N) is 1. The molecule has 0 aromatic heterocycles. The Morgan fingerprint density at radius 3 is 2.00 bits per heavy atom. The van der Waals surface area contributed by atoms with E-state index in [0.717, 1.165) is 21.0 Å². The summed E-state index contributed by atoms with van der Waals surface area (Å²) in [7, 11) is -3.96. The fourth-order valence-corrected chi connectivity index (χ4v) is 4.68. The molecule has 0 unspecified atom stereocenters. The lowest BCUT2D eigenvalue weighted by Crippen LogP contribution is -2.38. The Bertz CT molecular complexity index is 1140. The monoisotopic (exact) mass is 442 g/mol. The fraction of sp³-hybridized carbons (Fsp3) is 0.174. The van der Waals surface area contributed by atoms with Gasteiger partial charge in [-0.1, -0.05) is 35.4 Å². The first-order chi connectivity index (χ1) is 14.1. The van der Waals surface area contributed by atoms with Crippen LogP contribution in [0.5, 0.6) is 0 Å². The van der Waals surface area contributed by atoms with E-state index in [-0.39, 0.29) is 11.4 Å². The molecule has 0 saturated heterocycles. The molecule has 0 radical (unpaired) electrons. The van der Waals surface area contributed by atoms with Crippen LogP contribution in [0.2, 0.25) is 5.02 Å². The molecule has 3 rings (SSSR count). The Morgan fingerprint density at radius 2 is 1.43 bits per heavy atom. The summed E-state index contributed by atoms with van der Waals surface area (Å²) in [5.74, 6) is -0.439. The van der Waals surface area contributed by atoms with Crippen molar-refractivity contribution in [3.05, 3.63) is 88.4 Å². The van der Waals surface area contributed by atoms with Crippen molar-refractivity contribution in [2.24, 2.45) is 0 Å². The molecule has 0 spiro atoms. The number of anilines is 2. The zero-order chi connectivity index (χ0) is 21.9. The van der Waals surface area contributed by atoms with Gasteiger partial charge in [0, 0.05) is 10.7 Å². The van der Waals surface area contributed by atoms with Crippen LogP contribution in [0.25, 0.3) is 0 Å². The van der Waals surface area contributed by atoms with Crippen LogP contribution >= 0.6 is 11.6 Å². The van der Waals surface area contributed by atoms with Crippen molar-refractivity contribution in [3.8, 4) is 0 Å². The van der Waals surface area contributed by atoms with E-state index in [1.54, 1.807) is 36.4 Å². The third-order valence-corrected chi connectivity index (χ3v) is 6.56. The van der Waals surface area contributed by atoms with Gasteiger partial charge in [0.2, 0.25) is 5.91 Å². The van der Waals surface area contributed by atoms with Crippen LogP contribution in [0.15, 0.2) is 71.6 Å². The molecule has 0 aliphatic carbocycles. The van der Waals surface area contributed by atoms with Crippen molar-refractivity contribution in [2.45, 2.75) is 25.7 Å². The highest BCUT2D eigenvalue weighted by Crippen LogP contribution is 2.25. The smallest absolute Gasteiger partial charge is 0.264 e. The number of carbonyl (C=O) groups excluding carboxylic acids is 1. The van der Waals surface area contributed by atoms with Crippen molar-refractivity contribution >= 4 is 38.9 Å². The fourth-order valence-electron chi connectivity index (χ4n) is 3.14. The van der Waals surface area contributed by atoms with Crippen LogP contribution in [-0.4, -0.2) is 20.9 Å². The quantitative estimate of drug-likeness (QED) is 0.577. The summed E-state index contributed by atoms with van der Waals surface area (Å²) < 4.78 is 27.8. The highest BCUT2D eigenvalue weighted by Gasteiger charge is 2.27. The van der Waals surface area contributed by atoms with E-state index >= 15 is 0 Å². The van der Waals surface area contributed by atoms with Crippen molar-refractivity contribution in [2.75, 3.05) is 16.2 Å². The van der Waals surface area contributed by atoms with E-state index in [4.69, 9.17) is 11.6 Å². The summed E-state index contributed by atoms with van der Waals surface area (Å²) in [5, 5.41) is 3.27. The highest BCUT2D eigenvalue weighted by atomic mass is 35.5. The predicted molar refractivity (Wildman–Crippen MR) is 122 cm³/mol. The van der Waals surface area contributed by atoms with Crippen LogP contribution in [0.3, 0.4) is 0 Å². The molecule has 3 aromatic carbocycles. The topological polar surface area (TPSA) is 66.5 Å². The van der Waals surface area contributed by atoms with Gasteiger partial charge in [-0.25, -0.2) is 8.42 Å². The molecule has 1 amide bonds. The third-order valence-electron chi connectivity index (χ3n) is 4.52. The van der Waals surface area contributed by atoms with Crippen molar-refractivity contribution in [1.82, 2.24) is 0 Å². The number of aryl methyl sites for hydroxylation is 3. The van der Waals surface area contributed by atoms with Gasteiger partial charge < -0.3 is 5.32 Å². The van der Waals surface area contributed by atoms with Crippen molar-refractivity contribution < 1.29 is 13.2 Å². The van der Waals surface area contributed by atoms with Gasteiger partial charge >= 0.3 is 0 Å². The van der Waals surface area contributed by atoms with Crippen LogP contribution in [-0.2, 0) is 14.8 Å². The Labute approximate surface area is 182 Å². The maximum atomic E-state index is 13.3. The number of amides is 1. The Hall–Kier alpha value is -2.83. The number of nitrogens with one attached hydrogen (secondary N) is 1. The Morgan fingerprint density at radius 1 is 0.867 bits per heavy atom. The standard InChI is InChI=1S/C23H23ClN2O3S/c1-16-4-10-22(11-5-16)30(28,29)26(21-8-6-19(24)7-9-21)15-23(27)25-20-13-17(2)12-18(3)14-20/h4-14H,15H2,1-3H3,(H,25,27). The van der Waals surface area contributed by atoms with Crippen molar-refractivity contribution in [3.63, 3.8) is 0 Å². The lowest BCUT2D eigenvalue weighted by atomic mass is 10.1. The second kappa shape index (κ2) is 8.90. The second-order valence-electron chi connectivity index (χ2n) is 7.23. The number of carbonyl (C=O) groups is 1. The van der Waals surface area contributed by atoms with Crippen LogP contribution < -0.4 is 9.62 Å². The number of rotatable bonds is 6. The van der Waals surface area contributed by atoms with Crippen LogP contribution in [0, 0.1) is 20.8 Å². The summed E-state index contributed by atoms with van der Waals surface area (Å²) >= 11 is 5.96. The van der Waals surface area contributed by atoms with Gasteiger partial charge in [0.25, 0.3) is 10.0 Å². The number of benzene rings is 3. The number of halogens is 1. The maximum Gasteiger partial charge on any atom is 0.264 e. The molecule has 5 nitrogen and oxygen atoms in total.